The molecule has 9 heteroatoms. The first kappa shape index (κ1) is 30.3. The normalized spacial score (nSPS) is 35.2. The van der Waals surface area contributed by atoms with E-state index in [4.69, 9.17) is 9.57 Å². The Labute approximate surface area is 247 Å². The third-order valence-corrected chi connectivity index (χ3v) is 11.3. The van der Waals surface area contributed by atoms with Gasteiger partial charge in [0.1, 0.15) is 17.4 Å². The van der Waals surface area contributed by atoms with Gasteiger partial charge >= 0.3 is 5.97 Å². The number of nitrogens with zero attached hydrogens (tertiary/aromatic N) is 1. The molecule has 0 aliphatic heterocycles. The number of benzene rings is 1. The first-order valence-corrected chi connectivity index (χ1v) is 15.2. The van der Waals surface area contributed by atoms with Crippen LogP contribution in [0.1, 0.15) is 77.7 Å². The van der Waals surface area contributed by atoms with Crippen molar-refractivity contribution in [3.05, 3.63) is 41.5 Å². The van der Waals surface area contributed by atoms with Gasteiger partial charge in [-0.25, -0.2) is 4.79 Å². The van der Waals surface area contributed by atoms with Crippen molar-refractivity contribution in [3.8, 4) is 5.75 Å². The molecule has 9 nitrogen and oxygen atoms in total. The van der Waals surface area contributed by atoms with Gasteiger partial charge in [0.2, 0.25) is 0 Å². The van der Waals surface area contributed by atoms with Gasteiger partial charge < -0.3 is 25.1 Å². The predicted octanol–water partition coefficient (Wildman–Crippen LogP) is 4.25. The van der Waals surface area contributed by atoms with Crippen molar-refractivity contribution < 1.29 is 34.2 Å². The van der Waals surface area contributed by atoms with Gasteiger partial charge in [0.05, 0.1) is 12.8 Å². The number of carbonyl (C=O) groups excluding carboxylic acids is 3. The van der Waals surface area contributed by atoms with Crippen molar-refractivity contribution >= 4 is 23.4 Å². The quantitative estimate of drug-likeness (QED) is 0.309. The highest BCUT2D eigenvalue weighted by molar-refractivity contribution is 5.96. The standard InChI is InChI=1S/C33H44N2O7/c1-20(36)33(40)16-13-27-25-10-7-22-18-23(11-14-31(22,2)26(25)12-15-32(27,33)3)35-42-19-29(38)34-28(30(39)41-4)17-21-5-8-24(37)9-6-21/h5-6,8-9,18,25-28,37,40H,7,10-17,19H2,1-4H3,(H,34,38)/b35-23+/t25-,26-,27-,28-,31-,32-,33-/m0/s1. The number of fused-ring (bicyclic) bond motifs is 5. The lowest BCUT2D eigenvalue weighted by Gasteiger charge is -2.59. The Morgan fingerprint density at radius 1 is 1.05 bits per heavy atom. The van der Waals surface area contributed by atoms with Crippen molar-refractivity contribution in [1.29, 1.82) is 0 Å². The van der Waals surface area contributed by atoms with Crippen LogP contribution in [0, 0.1) is 28.6 Å². The third kappa shape index (κ3) is 5.25. The van der Waals surface area contributed by atoms with E-state index in [1.165, 1.54) is 24.8 Å². The van der Waals surface area contributed by atoms with E-state index >= 15 is 0 Å². The maximum absolute atomic E-state index is 12.6. The molecule has 228 valence electrons. The van der Waals surface area contributed by atoms with Crippen molar-refractivity contribution in [3.63, 3.8) is 0 Å². The zero-order valence-corrected chi connectivity index (χ0v) is 25.2. The van der Waals surface area contributed by atoms with Crippen molar-refractivity contribution in [2.45, 2.75) is 90.2 Å². The van der Waals surface area contributed by atoms with E-state index in [2.05, 4.69) is 30.4 Å². The van der Waals surface area contributed by atoms with Gasteiger partial charge in [-0.1, -0.05) is 36.7 Å². The summed E-state index contributed by atoms with van der Waals surface area (Å²) in [5.74, 6) is 0.371. The number of rotatable bonds is 8. The Morgan fingerprint density at radius 2 is 1.76 bits per heavy atom. The lowest BCUT2D eigenvalue weighted by molar-refractivity contribution is -0.159. The third-order valence-electron chi connectivity index (χ3n) is 11.3. The molecule has 0 aromatic heterocycles. The summed E-state index contributed by atoms with van der Waals surface area (Å²) in [6, 6.07) is 5.52. The molecule has 3 N–H and O–H groups in total. The van der Waals surface area contributed by atoms with Crippen LogP contribution in [-0.4, -0.2) is 58.9 Å². The summed E-state index contributed by atoms with van der Waals surface area (Å²) < 4.78 is 4.85. The van der Waals surface area contributed by atoms with Crippen LogP contribution < -0.4 is 5.32 Å². The van der Waals surface area contributed by atoms with E-state index in [1.807, 2.05) is 0 Å². The zero-order chi connectivity index (χ0) is 30.3. The summed E-state index contributed by atoms with van der Waals surface area (Å²) >= 11 is 0. The smallest absolute Gasteiger partial charge is 0.328 e. The van der Waals surface area contributed by atoms with Crippen LogP contribution in [0.25, 0.3) is 0 Å². The molecule has 42 heavy (non-hydrogen) atoms. The van der Waals surface area contributed by atoms with E-state index in [1.54, 1.807) is 19.1 Å². The van der Waals surface area contributed by atoms with Gasteiger partial charge in [0.25, 0.3) is 5.91 Å². The number of phenols is 1. The molecule has 3 fully saturated rings. The highest BCUT2D eigenvalue weighted by atomic mass is 16.6. The fourth-order valence-electron chi connectivity index (χ4n) is 8.85. The average Bonchev–Trinajstić information content (AvgIpc) is 3.25. The van der Waals surface area contributed by atoms with Gasteiger partial charge in [-0.2, -0.15) is 0 Å². The number of ketones is 1. The summed E-state index contributed by atoms with van der Waals surface area (Å²) in [7, 11) is 1.27. The predicted molar refractivity (Wildman–Crippen MR) is 156 cm³/mol. The number of ether oxygens (including phenoxy) is 1. The molecule has 0 radical (unpaired) electrons. The number of methoxy groups -OCH3 is 1. The minimum Gasteiger partial charge on any atom is -0.508 e. The lowest BCUT2D eigenvalue weighted by Crippen LogP contribution is -2.57. The molecule has 5 rings (SSSR count). The van der Waals surface area contributed by atoms with Crippen LogP contribution in [0.3, 0.4) is 0 Å². The molecule has 0 bridgehead atoms. The van der Waals surface area contributed by atoms with E-state index in [-0.39, 0.29) is 35.4 Å². The van der Waals surface area contributed by atoms with Gasteiger partial charge in [-0.15, -0.1) is 0 Å². The number of nitrogens with one attached hydrogen (secondary N) is 1. The van der Waals surface area contributed by atoms with Crippen LogP contribution in [0.2, 0.25) is 0 Å². The van der Waals surface area contributed by atoms with E-state index in [9.17, 15) is 24.6 Å². The maximum Gasteiger partial charge on any atom is 0.328 e. The molecule has 1 amide bonds. The second-order valence-electron chi connectivity index (χ2n) is 13.3. The molecule has 7 atom stereocenters. The fourth-order valence-corrected chi connectivity index (χ4v) is 8.85. The van der Waals surface area contributed by atoms with E-state index in [0.29, 0.717) is 24.2 Å². The summed E-state index contributed by atoms with van der Waals surface area (Å²) in [4.78, 5) is 42.8. The number of aromatic hydroxyl groups is 1. The Kier molecular flexibility index (Phi) is 8.27. The van der Waals surface area contributed by atoms with Crippen LogP contribution >= 0.6 is 0 Å². The number of oxime groups is 1. The van der Waals surface area contributed by atoms with Gasteiger partial charge in [-0.05, 0) is 105 Å². The van der Waals surface area contributed by atoms with Gasteiger partial charge in [-0.3, -0.25) is 9.59 Å². The number of amides is 1. The van der Waals surface area contributed by atoms with Crippen LogP contribution in [0.5, 0.6) is 5.75 Å². The molecule has 3 saturated carbocycles. The van der Waals surface area contributed by atoms with Crippen LogP contribution in [-0.2, 0) is 30.4 Å². The summed E-state index contributed by atoms with van der Waals surface area (Å²) in [6.45, 7) is 5.75. The Balaban J connectivity index is 1.20. The molecule has 0 saturated heterocycles. The molecular weight excluding hydrogens is 536 g/mol. The Hall–Kier alpha value is -3.20. The number of Topliss-reactive ketones (excluding diaryl/α,β-unsaturated/α-hetero) is 1. The molecule has 0 unspecified atom stereocenters. The first-order valence-electron chi connectivity index (χ1n) is 15.2. The van der Waals surface area contributed by atoms with Gasteiger partial charge in [0.15, 0.2) is 12.4 Å². The molecule has 4 aliphatic carbocycles. The molecule has 1 aromatic carbocycles. The van der Waals surface area contributed by atoms with E-state index in [0.717, 1.165) is 56.2 Å². The second kappa shape index (κ2) is 11.5. The number of carbonyl (C=O) groups is 3. The summed E-state index contributed by atoms with van der Waals surface area (Å²) in [5.41, 5.74) is 1.47. The SMILES string of the molecule is COC(=O)[C@H](Cc1ccc(O)cc1)NC(=O)CO/N=C1/C=C2CC[C@H]3[C@H](CC[C@@]4(C)[C@H]3CC[C@]4(O)C(C)=O)[C@@]2(C)CC1. The maximum atomic E-state index is 12.6. The summed E-state index contributed by atoms with van der Waals surface area (Å²) in [5, 5.41) is 27.8. The fraction of sp³-hybridized carbons (Fsp3) is 0.636. The van der Waals surface area contributed by atoms with Crippen LogP contribution in [0.15, 0.2) is 41.1 Å². The largest absolute Gasteiger partial charge is 0.508 e. The highest BCUT2D eigenvalue weighted by Gasteiger charge is 2.65. The monoisotopic (exact) mass is 580 g/mol. The minimum atomic E-state index is -1.20. The second-order valence-corrected chi connectivity index (χ2v) is 13.3. The number of allylic oxidation sites excluding steroid dienone is 2. The average molecular weight is 581 g/mol. The summed E-state index contributed by atoms with van der Waals surface area (Å²) in [6.07, 6.45) is 9.44. The minimum absolute atomic E-state index is 0.0551. The topological polar surface area (TPSA) is 135 Å². The Morgan fingerprint density at radius 3 is 2.45 bits per heavy atom. The number of aliphatic hydroxyl groups is 1. The van der Waals surface area contributed by atoms with E-state index < -0.39 is 23.5 Å². The molecule has 0 heterocycles. The Bertz CT molecular complexity index is 1290. The first-order chi connectivity index (χ1) is 19.9. The molecular formula is C33H44N2O7. The number of phenolic OH excluding ortho intramolecular Hbond substituents is 1. The molecule has 4 aliphatic rings. The number of hydrogen-bond acceptors (Lipinski definition) is 8. The van der Waals surface area contributed by atoms with Crippen molar-refractivity contribution in [1.82, 2.24) is 5.32 Å². The van der Waals surface area contributed by atoms with Gasteiger partial charge in [0, 0.05) is 11.8 Å². The highest BCUT2D eigenvalue weighted by Crippen LogP contribution is 2.67. The van der Waals surface area contributed by atoms with Crippen molar-refractivity contribution in [2.24, 2.45) is 33.7 Å². The van der Waals surface area contributed by atoms with Crippen LogP contribution in [0.4, 0.5) is 0 Å². The van der Waals surface area contributed by atoms with Crippen molar-refractivity contribution in [2.75, 3.05) is 13.7 Å². The molecule has 0 spiro atoms. The zero-order valence-electron chi connectivity index (χ0n) is 25.2. The lowest BCUT2D eigenvalue weighted by atomic mass is 9.46. The molecule has 1 aromatic rings. The number of hydrogen-bond donors (Lipinski definition) is 3. The number of esters is 1.